The summed E-state index contributed by atoms with van der Waals surface area (Å²) in [6.07, 6.45) is 9.62. The van der Waals surface area contributed by atoms with Crippen LogP contribution in [-0.2, 0) is 23.9 Å². The predicted octanol–water partition coefficient (Wildman–Crippen LogP) is 3.46. The van der Waals surface area contributed by atoms with Crippen molar-refractivity contribution < 1.29 is 23.9 Å². The largest absolute Gasteiger partial charge is 0.468 e. The number of carbonyl (C=O) groups excluding carboxylic acids is 3. The molecule has 0 bridgehead atoms. The maximum absolute atomic E-state index is 12.4. The Morgan fingerprint density at radius 2 is 1.67 bits per heavy atom. The van der Waals surface area contributed by atoms with Gasteiger partial charge in [-0.15, -0.1) is 0 Å². The first kappa shape index (κ1) is 20.4. The van der Waals surface area contributed by atoms with E-state index in [4.69, 9.17) is 9.47 Å². The van der Waals surface area contributed by atoms with Crippen molar-refractivity contribution in [2.24, 2.45) is 17.3 Å². The number of hydrogen-bond donors (Lipinski definition) is 0. The van der Waals surface area contributed by atoms with Crippen LogP contribution in [0.5, 0.6) is 0 Å². The van der Waals surface area contributed by atoms with Crippen LogP contribution in [0.1, 0.15) is 58.8 Å². The van der Waals surface area contributed by atoms with E-state index in [9.17, 15) is 14.4 Å². The van der Waals surface area contributed by atoms with Crippen molar-refractivity contribution in [2.45, 2.75) is 58.8 Å². The number of esters is 2. The summed E-state index contributed by atoms with van der Waals surface area (Å²) in [7, 11) is 2.50. The fraction of sp³-hybridized carbons (Fsp3) is 0.737. The van der Waals surface area contributed by atoms with Gasteiger partial charge in [-0.05, 0) is 25.3 Å². The number of rotatable bonds is 11. The number of methoxy groups -OCH3 is 2. The molecule has 1 saturated carbocycles. The average Bonchev–Trinajstić information content (AvgIpc) is 3.33. The van der Waals surface area contributed by atoms with Gasteiger partial charge in [0.2, 0.25) is 0 Å². The molecule has 0 N–H and O–H groups in total. The Balaban J connectivity index is 2.71. The van der Waals surface area contributed by atoms with Crippen LogP contribution in [0.4, 0.5) is 0 Å². The van der Waals surface area contributed by atoms with E-state index in [0.29, 0.717) is 6.42 Å². The summed E-state index contributed by atoms with van der Waals surface area (Å²) >= 11 is 0. The minimum Gasteiger partial charge on any atom is -0.468 e. The quantitative estimate of drug-likeness (QED) is 0.250. The first-order valence-corrected chi connectivity index (χ1v) is 8.86. The van der Waals surface area contributed by atoms with Crippen LogP contribution in [0, 0.1) is 17.3 Å². The van der Waals surface area contributed by atoms with Gasteiger partial charge < -0.3 is 9.47 Å². The van der Waals surface area contributed by atoms with Gasteiger partial charge in [-0.2, -0.15) is 0 Å². The lowest BCUT2D eigenvalue weighted by molar-refractivity contribution is -0.161. The number of ketones is 1. The Kier molecular flexibility index (Phi) is 8.16. The predicted molar refractivity (Wildman–Crippen MR) is 91.3 cm³/mol. The van der Waals surface area contributed by atoms with Gasteiger partial charge >= 0.3 is 11.9 Å². The molecule has 0 aromatic rings. The molecule has 0 aromatic carbocycles. The second-order valence-corrected chi connectivity index (χ2v) is 6.51. The van der Waals surface area contributed by atoms with Gasteiger partial charge in [0.25, 0.3) is 0 Å². The maximum atomic E-state index is 12.4. The fourth-order valence-electron chi connectivity index (χ4n) is 3.20. The molecule has 24 heavy (non-hydrogen) atoms. The minimum absolute atomic E-state index is 0.0298. The van der Waals surface area contributed by atoms with E-state index in [1.165, 1.54) is 14.2 Å². The van der Waals surface area contributed by atoms with Crippen molar-refractivity contribution in [3.8, 4) is 0 Å². The summed E-state index contributed by atoms with van der Waals surface area (Å²) in [6.45, 7) is 4.22. The highest BCUT2D eigenvalue weighted by Crippen LogP contribution is 2.55. The second-order valence-electron chi connectivity index (χ2n) is 6.51. The third-order valence-electron chi connectivity index (χ3n) is 4.80. The topological polar surface area (TPSA) is 69.7 Å². The molecular weight excluding hydrogens is 308 g/mol. The van der Waals surface area contributed by atoms with Gasteiger partial charge in [-0.25, -0.2) is 0 Å². The molecule has 1 aliphatic rings. The molecule has 0 saturated heterocycles. The Morgan fingerprint density at radius 1 is 1.04 bits per heavy atom. The summed E-state index contributed by atoms with van der Waals surface area (Å²) in [4.78, 5) is 36.3. The highest BCUT2D eigenvalue weighted by molar-refractivity contribution is 6.04. The molecule has 0 radical (unpaired) electrons. The molecule has 5 nitrogen and oxygen atoms in total. The zero-order chi connectivity index (χ0) is 18.2. The summed E-state index contributed by atoms with van der Waals surface area (Å²) in [5.41, 5.74) is -1.26. The van der Waals surface area contributed by atoms with Crippen LogP contribution in [0.15, 0.2) is 12.2 Å². The number of allylic oxidation sites excluding steroid dienone is 2. The molecular formula is C19H30O5. The van der Waals surface area contributed by atoms with E-state index in [0.717, 1.165) is 38.5 Å². The van der Waals surface area contributed by atoms with E-state index in [2.05, 4.69) is 13.8 Å². The minimum atomic E-state index is -1.26. The van der Waals surface area contributed by atoms with Crippen molar-refractivity contribution in [3.63, 3.8) is 0 Å². The average molecular weight is 338 g/mol. The maximum Gasteiger partial charge on any atom is 0.323 e. The standard InChI is InChI=1S/C19H30O5/c1-5-7-8-10-14(9-6-2)16(20)12-11-15-13-19(15,17(21)23-3)18(22)24-4/h11-12,14-15H,5-10,13H2,1-4H3. The van der Waals surface area contributed by atoms with Crippen LogP contribution < -0.4 is 0 Å². The second kappa shape index (κ2) is 9.60. The highest BCUT2D eigenvalue weighted by Gasteiger charge is 2.66. The first-order chi connectivity index (χ1) is 11.5. The van der Waals surface area contributed by atoms with Crippen molar-refractivity contribution in [1.82, 2.24) is 0 Å². The van der Waals surface area contributed by atoms with Crippen LogP contribution in [-0.4, -0.2) is 31.9 Å². The Hall–Kier alpha value is -1.65. The number of ether oxygens (including phenoxy) is 2. The summed E-state index contributed by atoms with van der Waals surface area (Å²) in [5, 5.41) is 0. The summed E-state index contributed by atoms with van der Waals surface area (Å²) < 4.78 is 9.46. The zero-order valence-corrected chi connectivity index (χ0v) is 15.3. The lowest BCUT2D eigenvalue weighted by Gasteiger charge is -2.13. The van der Waals surface area contributed by atoms with Crippen molar-refractivity contribution in [2.75, 3.05) is 14.2 Å². The van der Waals surface area contributed by atoms with Crippen molar-refractivity contribution in [3.05, 3.63) is 12.2 Å². The third-order valence-corrected chi connectivity index (χ3v) is 4.80. The molecule has 5 heteroatoms. The highest BCUT2D eigenvalue weighted by atomic mass is 16.5. The molecule has 0 aromatic heterocycles. The van der Waals surface area contributed by atoms with Crippen molar-refractivity contribution >= 4 is 17.7 Å². The number of unbranched alkanes of at least 4 members (excludes halogenated alkanes) is 2. The smallest absolute Gasteiger partial charge is 0.323 e. The van der Waals surface area contributed by atoms with Gasteiger partial charge in [0.05, 0.1) is 14.2 Å². The molecule has 1 rings (SSSR count). The van der Waals surface area contributed by atoms with E-state index >= 15 is 0 Å². The molecule has 2 atom stereocenters. The summed E-state index contributed by atoms with van der Waals surface area (Å²) in [5.74, 6) is -1.39. The Morgan fingerprint density at radius 3 is 2.17 bits per heavy atom. The van der Waals surface area contributed by atoms with Gasteiger partial charge in [0.15, 0.2) is 11.2 Å². The van der Waals surface area contributed by atoms with Crippen LogP contribution in [0.2, 0.25) is 0 Å². The molecule has 136 valence electrons. The number of carbonyl (C=O) groups is 3. The normalized spacial score (nSPS) is 19.8. The third kappa shape index (κ3) is 4.68. The van der Waals surface area contributed by atoms with Crippen LogP contribution in [0.25, 0.3) is 0 Å². The molecule has 2 unspecified atom stereocenters. The lowest BCUT2D eigenvalue weighted by Crippen LogP contribution is -2.30. The molecule has 1 aliphatic carbocycles. The molecule has 0 amide bonds. The van der Waals surface area contributed by atoms with Crippen molar-refractivity contribution in [1.29, 1.82) is 0 Å². The van der Waals surface area contributed by atoms with Crippen LogP contribution >= 0.6 is 0 Å². The van der Waals surface area contributed by atoms with Gasteiger partial charge in [0, 0.05) is 11.8 Å². The Bertz CT molecular complexity index is 464. The van der Waals surface area contributed by atoms with Gasteiger partial charge in [-0.3, -0.25) is 14.4 Å². The van der Waals surface area contributed by atoms with E-state index < -0.39 is 17.4 Å². The van der Waals surface area contributed by atoms with E-state index in [1.54, 1.807) is 12.2 Å². The number of hydrogen-bond acceptors (Lipinski definition) is 5. The van der Waals surface area contributed by atoms with E-state index in [-0.39, 0.29) is 17.6 Å². The SMILES string of the molecule is CCCCCC(CCC)C(=O)C=CC1CC1(C(=O)OC)C(=O)OC. The molecule has 0 spiro atoms. The zero-order valence-electron chi connectivity index (χ0n) is 15.3. The molecule has 0 aliphatic heterocycles. The first-order valence-electron chi connectivity index (χ1n) is 8.86. The van der Waals surface area contributed by atoms with Gasteiger partial charge in [-0.1, -0.05) is 45.6 Å². The molecule has 1 fully saturated rings. The fourth-order valence-corrected chi connectivity index (χ4v) is 3.20. The molecule has 0 heterocycles. The van der Waals surface area contributed by atoms with E-state index in [1.807, 2.05) is 0 Å². The van der Waals surface area contributed by atoms with Gasteiger partial charge in [0.1, 0.15) is 0 Å². The monoisotopic (exact) mass is 338 g/mol. The van der Waals surface area contributed by atoms with Crippen LogP contribution in [0.3, 0.4) is 0 Å². The lowest BCUT2D eigenvalue weighted by atomic mass is 9.91. The Labute approximate surface area is 144 Å². The summed E-state index contributed by atoms with van der Waals surface area (Å²) in [6, 6.07) is 0.